The molecule has 88 valence electrons. The Morgan fingerprint density at radius 3 is 2.76 bits per heavy atom. The van der Waals surface area contributed by atoms with Crippen molar-refractivity contribution < 1.29 is 13.6 Å². The summed E-state index contributed by atoms with van der Waals surface area (Å²) in [6.07, 6.45) is 1.50. The lowest BCUT2D eigenvalue weighted by molar-refractivity contribution is 0.102. The maximum Gasteiger partial charge on any atom is 0.260 e. The molecular weight excluding hydrogens is 248 g/mol. The summed E-state index contributed by atoms with van der Waals surface area (Å²) in [5, 5.41) is 4.36. The minimum absolute atomic E-state index is 0.282. The molecule has 0 atom stereocenters. The number of rotatable bonds is 2. The van der Waals surface area contributed by atoms with Crippen molar-refractivity contribution in [3.05, 3.63) is 40.9 Å². The third kappa shape index (κ3) is 2.39. The summed E-state index contributed by atoms with van der Waals surface area (Å²) in [4.78, 5) is 15.4. The molecule has 7 heteroatoms. The van der Waals surface area contributed by atoms with Gasteiger partial charge in [-0.25, -0.2) is 13.8 Å². The van der Waals surface area contributed by atoms with E-state index in [0.29, 0.717) is 11.2 Å². The smallest absolute Gasteiger partial charge is 0.260 e. The van der Waals surface area contributed by atoms with Gasteiger partial charge in [0.15, 0.2) is 5.13 Å². The van der Waals surface area contributed by atoms with Crippen LogP contribution in [0.5, 0.6) is 0 Å². The standard InChI is InChI=1S/C10H7F2N3OS/c11-6-4-7(12)8(13)3-5(6)9(16)15-10-14-1-2-17-10/h1-4H,13H2,(H,14,15,16). The molecule has 0 saturated heterocycles. The van der Waals surface area contributed by atoms with Crippen molar-refractivity contribution in [1.82, 2.24) is 4.98 Å². The van der Waals surface area contributed by atoms with Crippen LogP contribution >= 0.6 is 11.3 Å². The predicted molar refractivity (Wildman–Crippen MR) is 60.8 cm³/mol. The Bertz CT molecular complexity index is 557. The van der Waals surface area contributed by atoms with Crippen LogP contribution in [0.1, 0.15) is 10.4 Å². The van der Waals surface area contributed by atoms with Crippen LogP contribution in [0.25, 0.3) is 0 Å². The van der Waals surface area contributed by atoms with Crippen molar-refractivity contribution in [2.24, 2.45) is 0 Å². The Kier molecular flexibility index (Phi) is 3.01. The Labute approximate surface area is 99.1 Å². The minimum Gasteiger partial charge on any atom is -0.396 e. The molecule has 1 amide bonds. The first kappa shape index (κ1) is 11.5. The number of carbonyl (C=O) groups excluding carboxylic acids is 1. The molecule has 2 aromatic rings. The van der Waals surface area contributed by atoms with Crippen LogP contribution in [0.15, 0.2) is 23.7 Å². The van der Waals surface area contributed by atoms with Gasteiger partial charge in [-0.1, -0.05) is 0 Å². The van der Waals surface area contributed by atoms with Gasteiger partial charge in [0, 0.05) is 17.6 Å². The fourth-order valence-corrected chi connectivity index (χ4v) is 1.71. The van der Waals surface area contributed by atoms with Crippen molar-refractivity contribution >= 4 is 28.1 Å². The number of anilines is 2. The van der Waals surface area contributed by atoms with E-state index in [1.54, 1.807) is 5.38 Å². The van der Waals surface area contributed by atoms with E-state index in [0.717, 1.165) is 6.07 Å². The third-order valence-electron chi connectivity index (χ3n) is 1.98. The van der Waals surface area contributed by atoms with Crippen molar-refractivity contribution in [1.29, 1.82) is 0 Å². The molecule has 4 nitrogen and oxygen atoms in total. The van der Waals surface area contributed by atoms with Crippen LogP contribution in [-0.2, 0) is 0 Å². The predicted octanol–water partition coefficient (Wildman–Crippen LogP) is 2.26. The zero-order valence-electron chi connectivity index (χ0n) is 8.41. The highest BCUT2D eigenvalue weighted by Crippen LogP contribution is 2.18. The SMILES string of the molecule is Nc1cc(C(=O)Nc2nccs2)c(F)cc1F. The second-order valence-corrected chi connectivity index (χ2v) is 4.04. The van der Waals surface area contributed by atoms with Crippen LogP contribution in [0.3, 0.4) is 0 Å². The van der Waals surface area contributed by atoms with Crippen molar-refractivity contribution in [2.45, 2.75) is 0 Å². The Hall–Kier alpha value is -2.02. The maximum atomic E-state index is 13.3. The molecule has 0 aliphatic carbocycles. The van der Waals surface area contributed by atoms with Gasteiger partial charge in [-0.15, -0.1) is 11.3 Å². The summed E-state index contributed by atoms with van der Waals surface area (Å²) in [7, 11) is 0. The second kappa shape index (κ2) is 4.46. The molecule has 0 fully saturated rings. The molecule has 0 unspecified atom stereocenters. The number of hydrogen-bond donors (Lipinski definition) is 2. The number of nitrogens with zero attached hydrogens (tertiary/aromatic N) is 1. The number of carbonyl (C=O) groups is 1. The lowest BCUT2D eigenvalue weighted by Gasteiger charge is -2.05. The van der Waals surface area contributed by atoms with E-state index in [9.17, 15) is 13.6 Å². The molecule has 0 aliphatic rings. The van der Waals surface area contributed by atoms with Crippen LogP contribution in [-0.4, -0.2) is 10.9 Å². The summed E-state index contributed by atoms with van der Waals surface area (Å²) in [6.45, 7) is 0. The van der Waals surface area contributed by atoms with Gasteiger partial charge in [-0.3, -0.25) is 10.1 Å². The largest absolute Gasteiger partial charge is 0.396 e. The van der Waals surface area contributed by atoms with E-state index >= 15 is 0 Å². The van der Waals surface area contributed by atoms with Crippen LogP contribution < -0.4 is 11.1 Å². The minimum atomic E-state index is -0.967. The summed E-state index contributed by atoms with van der Waals surface area (Å²) >= 11 is 1.19. The number of nitrogen functional groups attached to an aromatic ring is 1. The summed E-state index contributed by atoms with van der Waals surface area (Å²) in [5.74, 6) is -2.58. The molecule has 0 spiro atoms. The average Bonchev–Trinajstić information content (AvgIpc) is 2.76. The first-order chi connectivity index (χ1) is 8.08. The highest BCUT2D eigenvalue weighted by molar-refractivity contribution is 7.13. The molecule has 0 saturated carbocycles. The normalized spacial score (nSPS) is 10.2. The molecule has 3 N–H and O–H groups in total. The number of nitrogens with two attached hydrogens (primary N) is 1. The van der Waals surface area contributed by atoms with Crippen molar-refractivity contribution in [3.63, 3.8) is 0 Å². The molecule has 17 heavy (non-hydrogen) atoms. The lowest BCUT2D eigenvalue weighted by Crippen LogP contribution is -2.14. The van der Waals surface area contributed by atoms with Crippen LogP contribution in [0.2, 0.25) is 0 Å². The fraction of sp³-hybridized carbons (Fsp3) is 0. The molecule has 1 aromatic heterocycles. The van der Waals surface area contributed by atoms with Gasteiger partial charge in [0.2, 0.25) is 0 Å². The molecule has 0 bridgehead atoms. The summed E-state index contributed by atoms with van der Waals surface area (Å²) < 4.78 is 26.2. The van der Waals surface area contributed by atoms with Crippen LogP contribution in [0, 0.1) is 11.6 Å². The lowest BCUT2D eigenvalue weighted by atomic mass is 10.1. The monoisotopic (exact) mass is 255 g/mol. The van der Waals surface area contributed by atoms with Gasteiger partial charge in [0.1, 0.15) is 11.6 Å². The number of nitrogens with one attached hydrogen (secondary N) is 1. The zero-order chi connectivity index (χ0) is 12.4. The van der Waals surface area contributed by atoms with E-state index in [1.165, 1.54) is 17.5 Å². The Morgan fingerprint density at radius 2 is 2.12 bits per heavy atom. The molecule has 1 aromatic carbocycles. The molecule has 0 radical (unpaired) electrons. The highest BCUT2D eigenvalue weighted by atomic mass is 32.1. The molecule has 0 aliphatic heterocycles. The average molecular weight is 255 g/mol. The Morgan fingerprint density at radius 1 is 1.35 bits per heavy atom. The number of benzene rings is 1. The molecular formula is C10H7F2N3OS. The highest BCUT2D eigenvalue weighted by Gasteiger charge is 2.15. The second-order valence-electron chi connectivity index (χ2n) is 3.14. The number of halogens is 2. The van der Waals surface area contributed by atoms with Crippen molar-refractivity contribution in [2.75, 3.05) is 11.1 Å². The van der Waals surface area contributed by atoms with E-state index in [4.69, 9.17) is 5.73 Å². The number of hydrogen-bond acceptors (Lipinski definition) is 4. The van der Waals surface area contributed by atoms with Gasteiger partial charge in [0.25, 0.3) is 5.91 Å². The Balaban J connectivity index is 2.28. The molecule has 1 heterocycles. The molecule has 2 rings (SSSR count). The fourth-order valence-electron chi connectivity index (χ4n) is 1.19. The first-order valence-electron chi connectivity index (χ1n) is 4.53. The van der Waals surface area contributed by atoms with Gasteiger partial charge in [-0.2, -0.15) is 0 Å². The van der Waals surface area contributed by atoms with E-state index < -0.39 is 17.5 Å². The number of amides is 1. The topological polar surface area (TPSA) is 68.0 Å². The third-order valence-corrected chi connectivity index (χ3v) is 2.67. The van der Waals surface area contributed by atoms with Gasteiger partial charge < -0.3 is 5.73 Å². The van der Waals surface area contributed by atoms with Gasteiger partial charge in [-0.05, 0) is 6.07 Å². The first-order valence-corrected chi connectivity index (χ1v) is 5.41. The zero-order valence-corrected chi connectivity index (χ0v) is 9.22. The van der Waals surface area contributed by atoms with E-state index in [2.05, 4.69) is 10.3 Å². The summed E-state index contributed by atoms with van der Waals surface area (Å²) in [5.41, 5.74) is 4.66. The maximum absolute atomic E-state index is 13.3. The quantitative estimate of drug-likeness (QED) is 0.809. The summed E-state index contributed by atoms with van der Waals surface area (Å²) in [6, 6.07) is 1.53. The van der Waals surface area contributed by atoms with E-state index in [-0.39, 0.29) is 11.3 Å². The van der Waals surface area contributed by atoms with Gasteiger partial charge >= 0.3 is 0 Å². The van der Waals surface area contributed by atoms with Crippen LogP contribution in [0.4, 0.5) is 19.6 Å². The van der Waals surface area contributed by atoms with E-state index in [1.807, 2.05) is 0 Å². The van der Waals surface area contributed by atoms with Gasteiger partial charge in [0.05, 0.1) is 11.3 Å². The number of thiazole rings is 1. The number of aromatic nitrogens is 1. The van der Waals surface area contributed by atoms with Crippen molar-refractivity contribution in [3.8, 4) is 0 Å².